The number of hydrogen-bond acceptors (Lipinski definition) is 17. The highest BCUT2D eigenvalue weighted by molar-refractivity contribution is 5.73. The summed E-state index contributed by atoms with van der Waals surface area (Å²) in [5.41, 5.74) is -0.0694. The maximum atomic E-state index is 12.5. The molecular weight excluding hydrogens is 865 g/mol. The molecule has 378 valence electrons. The molecular formula is C48H78O18. The summed E-state index contributed by atoms with van der Waals surface area (Å²) in [5, 5.41) is 119. The quantitative estimate of drug-likeness (QED) is 0.112. The Morgan fingerprint density at radius 1 is 0.667 bits per heavy atom. The largest absolute Gasteiger partial charge is 0.479 e. The highest BCUT2D eigenvalue weighted by atomic mass is 16.8. The Kier molecular flexibility index (Phi) is 13.7. The molecule has 0 aromatic carbocycles. The van der Waals surface area contributed by atoms with Gasteiger partial charge in [-0.3, -0.25) is 0 Å². The topological polar surface area (TPSA) is 295 Å². The molecule has 3 heterocycles. The minimum Gasteiger partial charge on any atom is -0.479 e. The predicted octanol–water partition coefficient (Wildman–Crippen LogP) is 0.705. The maximum Gasteiger partial charge on any atom is 0.335 e. The summed E-state index contributed by atoms with van der Waals surface area (Å²) in [6.07, 6.45) is -17.1. The fourth-order valence-corrected chi connectivity index (χ4v) is 15.1. The molecule has 25 atom stereocenters. The van der Waals surface area contributed by atoms with E-state index in [0.29, 0.717) is 18.8 Å². The second kappa shape index (κ2) is 17.7. The number of carboxylic acids is 1. The van der Waals surface area contributed by atoms with Gasteiger partial charge in [-0.25, -0.2) is 4.79 Å². The van der Waals surface area contributed by atoms with Gasteiger partial charge in [0, 0.05) is 12.0 Å². The molecule has 0 bridgehead atoms. The highest BCUT2D eigenvalue weighted by Crippen LogP contribution is 2.76. The van der Waals surface area contributed by atoms with Crippen LogP contribution in [0.1, 0.15) is 113 Å². The third kappa shape index (κ3) is 7.78. The van der Waals surface area contributed by atoms with Crippen LogP contribution in [0.3, 0.4) is 0 Å². The fraction of sp³-hybridized carbons (Fsp3) is 0.938. The van der Waals surface area contributed by atoms with E-state index in [9.17, 15) is 61.0 Å². The summed E-state index contributed by atoms with van der Waals surface area (Å²) in [4.78, 5) is 12.5. The minimum atomic E-state index is -2.03. The molecule has 0 unspecified atom stereocenters. The SMILES string of the molecule is C[C@@H]1O[C@@H](O[C@H]2[C@H](O[C@H]3[C@H](O[C@H]4CC[C@]5(C)[C@H]6CC=C7[C@@H]8C[C@](C)(CO)C[C@@H](O)[C@]8(C)CC[C@@]7(C)[C@]6(C)CC[C@H]5C4(C)C)O[C@H](C(=O)O)[C@@H](O)[C@@H]3O)O[C@H](CO)[C@H](O)[C@@H]2O)[C@H](O)[C@H](O)[C@H]1O. The first-order valence-electron chi connectivity index (χ1n) is 24.3. The Labute approximate surface area is 387 Å². The molecule has 5 aliphatic carbocycles. The number of carbonyl (C=O) groups is 1. The van der Waals surface area contributed by atoms with E-state index in [0.717, 1.165) is 44.9 Å². The summed E-state index contributed by atoms with van der Waals surface area (Å²) >= 11 is 0. The van der Waals surface area contributed by atoms with Crippen LogP contribution in [0.15, 0.2) is 11.6 Å². The summed E-state index contributed by atoms with van der Waals surface area (Å²) in [5.74, 6) is -0.975. The average molecular weight is 943 g/mol. The molecule has 0 spiro atoms. The lowest BCUT2D eigenvalue weighted by Crippen LogP contribution is -2.68. The highest BCUT2D eigenvalue weighted by Gasteiger charge is 2.69. The van der Waals surface area contributed by atoms with Crippen molar-refractivity contribution in [2.45, 2.75) is 218 Å². The molecule has 4 saturated carbocycles. The van der Waals surface area contributed by atoms with Crippen LogP contribution in [0.4, 0.5) is 0 Å². The second-order valence-electron chi connectivity index (χ2n) is 23.6. The first-order chi connectivity index (χ1) is 30.7. The Hall–Kier alpha value is -1.43. The van der Waals surface area contributed by atoms with Crippen molar-refractivity contribution in [3.05, 3.63) is 11.6 Å². The van der Waals surface area contributed by atoms with Crippen LogP contribution in [-0.4, -0.2) is 180 Å². The van der Waals surface area contributed by atoms with E-state index >= 15 is 0 Å². The Morgan fingerprint density at radius 2 is 1.30 bits per heavy atom. The van der Waals surface area contributed by atoms with Crippen LogP contribution in [-0.2, 0) is 33.2 Å². The molecule has 0 amide bonds. The van der Waals surface area contributed by atoms with Gasteiger partial charge < -0.3 is 84.6 Å². The van der Waals surface area contributed by atoms with Crippen LogP contribution < -0.4 is 0 Å². The van der Waals surface area contributed by atoms with Gasteiger partial charge in [-0.2, -0.15) is 0 Å². The monoisotopic (exact) mass is 943 g/mol. The van der Waals surface area contributed by atoms with Crippen LogP contribution in [0.2, 0.25) is 0 Å². The van der Waals surface area contributed by atoms with Crippen molar-refractivity contribution in [1.29, 1.82) is 0 Å². The molecule has 18 heteroatoms. The zero-order chi connectivity index (χ0) is 48.4. The third-order valence-corrected chi connectivity index (χ3v) is 19.6. The molecule has 0 radical (unpaired) electrons. The van der Waals surface area contributed by atoms with Gasteiger partial charge in [0.05, 0.1) is 24.9 Å². The van der Waals surface area contributed by atoms with E-state index in [1.54, 1.807) is 0 Å². The van der Waals surface area contributed by atoms with Gasteiger partial charge in [0.1, 0.15) is 61.0 Å². The van der Waals surface area contributed by atoms with Crippen molar-refractivity contribution >= 4 is 5.97 Å². The zero-order valence-corrected chi connectivity index (χ0v) is 39.7. The lowest BCUT2D eigenvalue weighted by Gasteiger charge is -2.71. The molecule has 8 aliphatic rings. The van der Waals surface area contributed by atoms with E-state index < -0.39 is 122 Å². The number of rotatable bonds is 9. The van der Waals surface area contributed by atoms with Crippen LogP contribution in [0.5, 0.6) is 0 Å². The van der Waals surface area contributed by atoms with E-state index in [2.05, 4.69) is 54.5 Å². The van der Waals surface area contributed by atoms with Crippen molar-refractivity contribution in [2.24, 2.45) is 50.2 Å². The second-order valence-corrected chi connectivity index (χ2v) is 23.6. The standard InChI is InChI=1S/C48H78O18/c1-21-29(52)31(54)35(58)40(61-21)65-37-32(55)30(53)24(19-49)62-41(37)66-38-34(57)33(56)36(39(59)60)64-42(38)63-28-12-13-46(6)25(43(28,2)3)11-14-48(8)26(46)10-9-22-23-17-44(4,20-50)18-27(51)45(23,5)15-16-47(22,48)7/h9,21,23-38,40-42,49-58H,10-20H2,1-8H3,(H,59,60)/t21-,23-,24+,25-,26+,27+,28-,29-,30-,31+,32-,33-,34-,35+,36-,37+,38+,40-,41-,42+,44-,45+,46-,47+,48+/m0/s1. The zero-order valence-electron chi connectivity index (χ0n) is 39.7. The first kappa shape index (κ1) is 50.9. The molecule has 66 heavy (non-hydrogen) atoms. The first-order valence-corrected chi connectivity index (χ1v) is 24.3. The van der Waals surface area contributed by atoms with Gasteiger partial charge in [0.25, 0.3) is 0 Å². The van der Waals surface area contributed by atoms with E-state index in [-0.39, 0.29) is 45.5 Å². The Balaban J connectivity index is 1.06. The molecule has 18 nitrogen and oxygen atoms in total. The number of allylic oxidation sites excluding steroid dienone is 2. The molecule has 11 N–H and O–H groups in total. The summed E-state index contributed by atoms with van der Waals surface area (Å²) in [6, 6.07) is 0. The fourth-order valence-electron chi connectivity index (χ4n) is 15.1. The van der Waals surface area contributed by atoms with Gasteiger partial charge in [-0.15, -0.1) is 0 Å². The van der Waals surface area contributed by atoms with Crippen LogP contribution in [0, 0.1) is 50.2 Å². The number of hydrogen-bond donors (Lipinski definition) is 11. The summed E-state index contributed by atoms with van der Waals surface area (Å²) in [7, 11) is 0. The summed E-state index contributed by atoms with van der Waals surface area (Å²) < 4.78 is 36.3. The van der Waals surface area contributed by atoms with E-state index in [4.69, 9.17) is 28.4 Å². The van der Waals surface area contributed by atoms with Crippen molar-refractivity contribution in [2.75, 3.05) is 13.2 Å². The normalized spacial score (nSPS) is 55.9. The van der Waals surface area contributed by atoms with Crippen LogP contribution in [0.25, 0.3) is 0 Å². The van der Waals surface area contributed by atoms with Crippen molar-refractivity contribution < 1.29 is 89.4 Å². The lowest BCUT2D eigenvalue weighted by molar-refractivity contribution is -0.395. The smallest absolute Gasteiger partial charge is 0.335 e. The Morgan fingerprint density at radius 3 is 1.94 bits per heavy atom. The molecule has 7 fully saturated rings. The van der Waals surface area contributed by atoms with Gasteiger partial charge in [0.15, 0.2) is 25.0 Å². The molecule has 0 aromatic heterocycles. The number of carboxylic acid groups (broad SMARTS) is 1. The van der Waals surface area contributed by atoms with Crippen molar-refractivity contribution in [1.82, 2.24) is 0 Å². The molecule has 0 aromatic rings. The minimum absolute atomic E-state index is 0.0348. The molecule has 8 rings (SSSR count). The van der Waals surface area contributed by atoms with E-state index in [1.165, 1.54) is 12.5 Å². The third-order valence-electron chi connectivity index (χ3n) is 19.6. The van der Waals surface area contributed by atoms with Gasteiger partial charge in [-0.1, -0.05) is 60.1 Å². The summed E-state index contributed by atoms with van der Waals surface area (Å²) in [6.45, 7) is 16.6. The predicted molar refractivity (Wildman–Crippen MR) is 231 cm³/mol. The molecule has 3 saturated heterocycles. The number of aliphatic hydroxyl groups is 10. The van der Waals surface area contributed by atoms with Crippen molar-refractivity contribution in [3.63, 3.8) is 0 Å². The Bertz CT molecular complexity index is 1820. The number of aliphatic hydroxyl groups excluding tert-OH is 10. The van der Waals surface area contributed by atoms with E-state index in [1.807, 2.05) is 0 Å². The van der Waals surface area contributed by atoms with Gasteiger partial charge >= 0.3 is 5.97 Å². The number of fused-ring (bicyclic) bond motifs is 7. The van der Waals surface area contributed by atoms with Gasteiger partial charge in [0.2, 0.25) is 0 Å². The van der Waals surface area contributed by atoms with Crippen LogP contribution >= 0.6 is 0 Å². The number of aliphatic carboxylic acids is 1. The van der Waals surface area contributed by atoms with Gasteiger partial charge in [-0.05, 0) is 110 Å². The lowest BCUT2D eigenvalue weighted by atomic mass is 9.33. The number of ether oxygens (including phenoxy) is 6. The molecule has 3 aliphatic heterocycles. The average Bonchev–Trinajstić information content (AvgIpc) is 3.25. The maximum absolute atomic E-state index is 12.5. The van der Waals surface area contributed by atoms with Crippen molar-refractivity contribution in [3.8, 4) is 0 Å².